The van der Waals surface area contributed by atoms with Crippen molar-refractivity contribution in [3.63, 3.8) is 0 Å². The van der Waals surface area contributed by atoms with Gasteiger partial charge in [-0.05, 0) is 32.6 Å². The van der Waals surface area contributed by atoms with Gasteiger partial charge in [-0.1, -0.05) is 6.42 Å². The number of aryl methyl sites for hydroxylation is 3. The molecule has 2 aromatic heterocycles. The summed E-state index contributed by atoms with van der Waals surface area (Å²) in [7, 11) is 1.87. The molecule has 1 saturated carbocycles. The van der Waals surface area contributed by atoms with E-state index in [1.165, 1.54) is 0 Å². The average molecular weight is 359 g/mol. The molecule has 2 aromatic rings. The Morgan fingerprint density at radius 3 is 2.81 bits per heavy atom. The van der Waals surface area contributed by atoms with E-state index in [0.29, 0.717) is 30.0 Å². The molecule has 1 aliphatic carbocycles. The van der Waals surface area contributed by atoms with Crippen molar-refractivity contribution >= 4 is 5.91 Å². The van der Waals surface area contributed by atoms with Crippen molar-refractivity contribution in [1.29, 1.82) is 0 Å². The van der Waals surface area contributed by atoms with Crippen LogP contribution in [0.3, 0.4) is 0 Å². The van der Waals surface area contributed by atoms with Crippen LogP contribution in [0.1, 0.15) is 42.4 Å². The van der Waals surface area contributed by atoms with Crippen molar-refractivity contribution in [2.75, 3.05) is 19.7 Å². The molecule has 2 atom stereocenters. The monoisotopic (exact) mass is 359 g/mol. The highest BCUT2D eigenvalue weighted by Crippen LogP contribution is 2.49. The van der Waals surface area contributed by atoms with E-state index in [1.54, 1.807) is 11.6 Å². The van der Waals surface area contributed by atoms with E-state index in [4.69, 9.17) is 9.15 Å². The number of carbonyl (C=O) groups is 1. The smallest absolute Gasteiger partial charge is 0.260 e. The van der Waals surface area contributed by atoms with Crippen LogP contribution in [-0.2, 0) is 17.3 Å². The Bertz CT molecular complexity index is 842. The van der Waals surface area contributed by atoms with Gasteiger partial charge in [0, 0.05) is 27.1 Å². The average Bonchev–Trinajstić information content (AvgIpc) is 3.31. The lowest BCUT2D eigenvalue weighted by Gasteiger charge is -2.24. The fourth-order valence-corrected chi connectivity index (χ4v) is 4.51. The summed E-state index contributed by atoms with van der Waals surface area (Å²) < 4.78 is 13.3. The van der Waals surface area contributed by atoms with E-state index in [0.717, 1.165) is 37.2 Å². The van der Waals surface area contributed by atoms with E-state index in [1.807, 2.05) is 25.8 Å². The zero-order valence-electron chi connectivity index (χ0n) is 15.8. The van der Waals surface area contributed by atoms with Crippen molar-refractivity contribution in [1.82, 2.24) is 24.9 Å². The van der Waals surface area contributed by atoms with Crippen LogP contribution in [0, 0.1) is 26.7 Å². The Labute approximate surface area is 152 Å². The number of amides is 1. The predicted octanol–water partition coefficient (Wildman–Crippen LogP) is 1.69. The fourth-order valence-electron chi connectivity index (χ4n) is 4.51. The fraction of sp³-hybridized carbons (Fsp3) is 0.667. The number of aromatic nitrogens is 4. The number of hydrogen-bond donors (Lipinski definition) is 0. The molecule has 0 aromatic carbocycles. The van der Waals surface area contributed by atoms with Gasteiger partial charge in [-0.3, -0.25) is 9.48 Å². The number of fused-ring (bicyclic) bond motifs is 1. The Hall–Kier alpha value is -2.38. The molecule has 0 N–H and O–H groups in total. The first kappa shape index (κ1) is 17.1. The molecule has 3 heterocycles. The summed E-state index contributed by atoms with van der Waals surface area (Å²) >= 11 is 0. The molecule has 1 amide bonds. The quantitative estimate of drug-likeness (QED) is 0.826. The van der Waals surface area contributed by atoms with Crippen LogP contribution in [0.25, 0.3) is 0 Å². The molecule has 4 rings (SSSR count). The minimum absolute atomic E-state index is 0.00216. The Morgan fingerprint density at radius 2 is 2.15 bits per heavy atom. The maximum absolute atomic E-state index is 12.8. The summed E-state index contributed by atoms with van der Waals surface area (Å²) in [4.78, 5) is 14.7. The molecule has 8 heteroatoms. The van der Waals surface area contributed by atoms with Gasteiger partial charge in [0.25, 0.3) is 5.91 Å². The van der Waals surface area contributed by atoms with Crippen LogP contribution in [0.2, 0.25) is 0 Å². The number of hydrogen-bond acceptors (Lipinski definition) is 6. The van der Waals surface area contributed by atoms with Crippen LogP contribution in [0.4, 0.5) is 0 Å². The summed E-state index contributed by atoms with van der Waals surface area (Å²) in [6.45, 7) is 7.02. The Balaban J connectivity index is 1.47. The van der Waals surface area contributed by atoms with E-state index < -0.39 is 0 Å². The van der Waals surface area contributed by atoms with Gasteiger partial charge in [-0.15, -0.1) is 10.2 Å². The summed E-state index contributed by atoms with van der Waals surface area (Å²) in [5.41, 5.74) is 1.54. The van der Waals surface area contributed by atoms with Crippen LogP contribution in [0.5, 0.6) is 5.75 Å². The number of nitrogens with zero attached hydrogens (tertiary/aromatic N) is 5. The molecule has 2 aliphatic rings. The van der Waals surface area contributed by atoms with Gasteiger partial charge in [0.2, 0.25) is 11.8 Å². The topological polar surface area (TPSA) is 86.3 Å². The van der Waals surface area contributed by atoms with Crippen molar-refractivity contribution in [3.8, 4) is 5.75 Å². The second kappa shape index (κ2) is 6.10. The number of carbonyl (C=O) groups excluding carboxylic acids is 1. The maximum Gasteiger partial charge on any atom is 0.260 e. The highest BCUT2D eigenvalue weighted by molar-refractivity contribution is 5.78. The minimum atomic E-state index is -0.183. The molecule has 0 bridgehead atoms. The maximum atomic E-state index is 12.8. The van der Waals surface area contributed by atoms with Crippen molar-refractivity contribution in [2.24, 2.45) is 13.0 Å². The molecule has 26 heavy (non-hydrogen) atoms. The van der Waals surface area contributed by atoms with Crippen molar-refractivity contribution in [3.05, 3.63) is 23.2 Å². The molecule has 1 aliphatic heterocycles. The van der Waals surface area contributed by atoms with Crippen LogP contribution >= 0.6 is 0 Å². The third-order valence-corrected chi connectivity index (χ3v) is 5.96. The van der Waals surface area contributed by atoms with Gasteiger partial charge >= 0.3 is 0 Å². The Morgan fingerprint density at radius 1 is 1.35 bits per heavy atom. The molecule has 2 fully saturated rings. The lowest BCUT2D eigenvalue weighted by molar-refractivity contribution is -0.132. The first-order valence-corrected chi connectivity index (χ1v) is 9.12. The predicted molar refractivity (Wildman–Crippen MR) is 92.8 cm³/mol. The van der Waals surface area contributed by atoms with Crippen molar-refractivity contribution in [2.45, 2.75) is 45.4 Å². The molecule has 0 unspecified atom stereocenters. The SMILES string of the molecule is Cc1nnc([C@]23CCC[C@H]2CN(C(=O)COc2c(C)nn(C)c2C)C3)o1. The van der Waals surface area contributed by atoms with E-state index in [-0.39, 0.29) is 17.9 Å². The number of rotatable bonds is 4. The normalized spacial score (nSPS) is 24.9. The molecular formula is C18H25N5O3. The summed E-state index contributed by atoms with van der Waals surface area (Å²) in [5.74, 6) is 2.34. The summed E-state index contributed by atoms with van der Waals surface area (Å²) in [6, 6.07) is 0. The first-order chi connectivity index (χ1) is 12.4. The molecular weight excluding hydrogens is 334 g/mol. The molecule has 8 nitrogen and oxygen atoms in total. The largest absolute Gasteiger partial charge is 0.480 e. The molecule has 1 saturated heterocycles. The summed E-state index contributed by atoms with van der Waals surface area (Å²) in [5, 5.41) is 12.6. The standard InChI is InChI=1S/C18H25N5O3/c1-11-16(12(2)22(4)21-11)25-9-15(24)23-8-14-6-5-7-18(14,10-23)17-20-19-13(3)26-17/h14H,5-10H2,1-4H3/t14-,18-/m0/s1. The van der Waals surface area contributed by atoms with Crippen LogP contribution in [0.15, 0.2) is 4.42 Å². The first-order valence-electron chi connectivity index (χ1n) is 9.12. The van der Waals surface area contributed by atoms with E-state index in [9.17, 15) is 4.79 Å². The highest BCUT2D eigenvalue weighted by atomic mass is 16.5. The van der Waals surface area contributed by atoms with Crippen LogP contribution in [-0.4, -0.2) is 50.5 Å². The number of ether oxygens (including phenoxy) is 1. The van der Waals surface area contributed by atoms with E-state index >= 15 is 0 Å². The highest BCUT2D eigenvalue weighted by Gasteiger charge is 2.55. The second-order valence-electron chi connectivity index (χ2n) is 7.56. The molecule has 0 spiro atoms. The van der Waals surface area contributed by atoms with Crippen molar-refractivity contribution < 1.29 is 13.9 Å². The van der Waals surface area contributed by atoms with Crippen LogP contribution < -0.4 is 4.74 Å². The minimum Gasteiger partial charge on any atom is -0.480 e. The van der Waals surface area contributed by atoms with Gasteiger partial charge in [0.05, 0.1) is 11.1 Å². The summed E-state index contributed by atoms with van der Waals surface area (Å²) in [6.07, 6.45) is 3.22. The van der Waals surface area contributed by atoms with Gasteiger partial charge in [0.15, 0.2) is 12.4 Å². The lowest BCUT2D eigenvalue weighted by atomic mass is 9.80. The zero-order valence-corrected chi connectivity index (χ0v) is 15.8. The zero-order chi connectivity index (χ0) is 18.5. The lowest BCUT2D eigenvalue weighted by Crippen LogP contribution is -2.37. The third-order valence-electron chi connectivity index (χ3n) is 5.96. The van der Waals surface area contributed by atoms with Gasteiger partial charge in [-0.25, -0.2) is 0 Å². The molecule has 140 valence electrons. The Kier molecular flexibility index (Phi) is 4.00. The third kappa shape index (κ3) is 2.59. The van der Waals surface area contributed by atoms with Gasteiger partial charge in [0.1, 0.15) is 5.69 Å². The number of likely N-dealkylation sites (tertiary alicyclic amines) is 1. The second-order valence-corrected chi connectivity index (χ2v) is 7.56. The van der Waals surface area contributed by atoms with E-state index in [2.05, 4.69) is 15.3 Å². The molecule has 0 radical (unpaired) electrons. The van der Waals surface area contributed by atoms with Gasteiger partial charge in [-0.2, -0.15) is 5.10 Å². The van der Waals surface area contributed by atoms with Gasteiger partial charge < -0.3 is 14.1 Å².